The minimum absolute atomic E-state index is 0.162. The first-order chi connectivity index (χ1) is 8.74. The number of para-hydroxylation sites is 1. The molecule has 2 N–H and O–H groups in total. The topological polar surface area (TPSA) is 55.6 Å². The number of carbonyl (C=O) groups is 1. The molecule has 98 valence electrons. The molecule has 1 aromatic carbocycles. The van der Waals surface area contributed by atoms with Gasteiger partial charge in [0, 0.05) is 18.7 Å². The normalized spacial score (nSPS) is 19.0. The van der Waals surface area contributed by atoms with Crippen LogP contribution in [0.2, 0.25) is 0 Å². The molecule has 0 unspecified atom stereocenters. The van der Waals surface area contributed by atoms with Crippen LogP contribution in [0.5, 0.6) is 5.75 Å². The van der Waals surface area contributed by atoms with Gasteiger partial charge in [-0.2, -0.15) is 0 Å². The number of carbonyl (C=O) groups excluding carboxylic acids is 1. The van der Waals surface area contributed by atoms with Gasteiger partial charge < -0.3 is 15.4 Å². The van der Waals surface area contributed by atoms with Gasteiger partial charge in [0.05, 0.1) is 13.5 Å². The summed E-state index contributed by atoms with van der Waals surface area (Å²) in [6.45, 7) is 2.29. The molecule has 4 nitrogen and oxygen atoms in total. The number of benzene rings is 1. The van der Waals surface area contributed by atoms with Gasteiger partial charge in [0.1, 0.15) is 5.75 Å². The van der Waals surface area contributed by atoms with E-state index in [1.165, 1.54) is 0 Å². The van der Waals surface area contributed by atoms with Crippen molar-refractivity contribution in [1.82, 2.24) is 4.90 Å². The zero-order chi connectivity index (χ0) is 13.0. The van der Waals surface area contributed by atoms with Crippen LogP contribution in [-0.2, 0) is 11.2 Å². The third-order valence-electron chi connectivity index (χ3n) is 3.51. The van der Waals surface area contributed by atoms with Crippen molar-refractivity contribution in [2.24, 2.45) is 11.7 Å². The van der Waals surface area contributed by atoms with E-state index in [9.17, 15) is 4.79 Å². The van der Waals surface area contributed by atoms with Gasteiger partial charge in [-0.1, -0.05) is 18.2 Å². The van der Waals surface area contributed by atoms with E-state index in [2.05, 4.69) is 0 Å². The highest BCUT2D eigenvalue weighted by Gasteiger charge is 2.25. The lowest BCUT2D eigenvalue weighted by atomic mass is 10.1. The summed E-state index contributed by atoms with van der Waals surface area (Å²) in [7, 11) is 1.63. The number of methoxy groups -OCH3 is 1. The number of likely N-dealkylation sites (tertiary alicyclic amines) is 1. The summed E-state index contributed by atoms with van der Waals surface area (Å²) in [6.07, 6.45) is 1.43. The highest BCUT2D eigenvalue weighted by molar-refractivity contribution is 5.79. The second kappa shape index (κ2) is 5.87. The highest BCUT2D eigenvalue weighted by atomic mass is 16.5. The van der Waals surface area contributed by atoms with Gasteiger partial charge in [-0.25, -0.2) is 0 Å². The summed E-state index contributed by atoms with van der Waals surface area (Å²) in [4.78, 5) is 14.1. The fourth-order valence-corrected chi connectivity index (χ4v) is 2.38. The summed E-state index contributed by atoms with van der Waals surface area (Å²) in [5.41, 5.74) is 6.58. The van der Waals surface area contributed by atoms with Crippen molar-refractivity contribution in [3.8, 4) is 5.75 Å². The van der Waals surface area contributed by atoms with Crippen LogP contribution in [0.1, 0.15) is 12.0 Å². The number of nitrogens with two attached hydrogens (primary N) is 1. The Balaban J connectivity index is 1.99. The molecule has 1 atom stereocenters. The van der Waals surface area contributed by atoms with Crippen LogP contribution >= 0.6 is 0 Å². The molecule has 1 aromatic rings. The molecule has 0 radical (unpaired) electrons. The van der Waals surface area contributed by atoms with Crippen LogP contribution in [0.4, 0.5) is 0 Å². The lowest BCUT2D eigenvalue weighted by Crippen LogP contribution is -2.31. The third-order valence-corrected chi connectivity index (χ3v) is 3.51. The second-order valence-corrected chi connectivity index (χ2v) is 4.72. The molecule has 0 bridgehead atoms. The van der Waals surface area contributed by atoms with E-state index < -0.39 is 0 Å². The Hall–Kier alpha value is -1.55. The largest absolute Gasteiger partial charge is 0.496 e. The molecular formula is C14H20N2O2. The number of hydrogen-bond acceptors (Lipinski definition) is 3. The lowest BCUT2D eigenvalue weighted by Gasteiger charge is -2.17. The molecule has 1 fully saturated rings. The fraction of sp³-hybridized carbons (Fsp3) is 0.500. The molecule has 1 aliphatic heterocycles. The number of rotatable bonds is 4. The quantitative estimate of drug-likeness (QED) is 0.866. The van der Waals surface area contributed by atoms with Gasteiger partial charge in [0.15, 0.2) is 0 Å². The maximum atomic E-state index is 12.2. The van der Waals surface area contributed by atoms with Gasteiger partial charge in [-0.15, -0.1) is 0 Å². The van der Waals surface area contributed by atoms with Crippen molar-refractivity contribution in [3.05, 3.63) is 29.8 Å². The van der Waals surface area contributed by atoms with Crippen LogP contribution in [0.15, 0.2) is 24.3 Å². The Morgan fingerprint density at radius 3 is 2.94 bits per heavy atom. The third kappa shape index (κ3) is 2.82. The Morgan fingerprint density at radius 1 is 1.50 bits per heavy atom. The lowest BCUT2D eigenvalue weighted by molar-refractivity contribution is -0.129. The van der Waals surface area contributed by atoms with Crippen molar-refractivity contribution in [3.63, 3.8) is 0 Å². The smallest absolute Gasteiger partial charge is 0.227 e. The van der Waals surface area contributed by atoms with Crippen molar-refractivity contribution >= 4 is 5.91 Å². The van der Waals surface area contributed by atoms with Crippen LogP contribution < -0.4 is 10.5 Å². The minimum atomic E-state index is 0.162. The summed E-state index contributed by atoms with van der Waals surface area (Å²) in [5.74, 6) is 1.41. The molecule has 1 saturated heterocycles. The van der Waals surface area contributed by atoms with E-state index in [1.807, 2.05) is 29.2 Å². The zero-order valence-electron chi connectivity index (χ0n) is 10.8. The summed E-state index contributed by atoms with van der Waals surface area (Å²) < 4.78 is 5.26. The van der Waals surface area contributed by atoms with E-state index >= 15 is 0 Å². The molecule has 1 amide bonds. The van der Waals surface area contributed by atoms with Crippen molar-refractivity contribution in [2.45, 2.75) is 12.8 Å². The highest BCUT2D eigenvalue weighted by Crippen LogP contribution is 2.21. The second-order valence-electron chi connectivity index (χ2n) is 4.72. The Labute approximate surface area is 108 Å². The number of amides is 1. The predicted octanol–water partition coefficient (Wildman–Crippen LogP) is 1.04. The van der Waals surface area contributed by atoms with E-state index in [4.69, 9.17) is 10.5 Å². The molecule has 4 heteroatoms. The molecule has 1 heterocycles. The van der Waals surface area contributed by atoms with Gasteiger partial charge in [-0.05, 0) is 24.9 Å². The number of ether oxygens (including phenoxy) is 1. The van der Waals surface area contributed by atoms with Crippen molar-refractivity contribution in [2.75, 3.05) is 26.7 Å². The first kappa shape index (κ1) is 12.9. The SMILES string of the molecule is COc1ccccc1CC(=O)N1CC[C@@H](CN)C1. The Kier molecular flexibility index (Phi) is 4.20. The van der Waals surface area contributed by atoms with Crippen LogP contribution in [0, 0.1) is 5.92 Å². The zero-order valence-corrected chi connectivity index (χ0v) is 10.8. The average Bonchev–Trinajstić information content (AvgIpc) is 2.88. The fourth-order valence-electron chi connectivity index (χ4n) is 2.38. The maximum absolute atomic E-state index is 12.2. The van der Waals surface area contributed by atoms with Crippen molar-refractivity contribution < 1.29 is 9.53 Å². The van der Waals surface area contributed by atoms with Crippen LogP contribution in [0.3, 0.4) is 0 Å². The minimum Gasteiger partial charge on any atom is -0.496 e. The summed E-state index contributed by atoms with van der Waals surface area (Å²) in [5, 5.41) is 0. The first-order valence-electron chi connectivity index (χ1n) is 6.34. The number of nitrogens with zero attached hydrogens (tertiary/aromatic N) is 1. The van der Waals surface area contributed by atoms with E-state index in [-0.39, 0.29) is 5.91 Å². The van der Waals surface area contributed by atoms with Gasteiger partial charge in [-0.3, -0.25) is 4.79 Å². The summed E-state index contributed by atoms with van der Waals surface area (Å²) >= 11 is 0. The predicted molar refractivity (Wildman–Crippen MR) is 70.4 cm³/mol. The monoisotopic (exact) mass is 248 g/mol. The Bertz CT molecular complexity index is 420. The van der Waals surface area contributed by atoms with E-state index in [1.54, 1.807) is 7.11 Å². The molecule has 0 saturated carbocycles. The van der Waals surface area contributed by atoms with Crippen molar-refractivity contribution in [1.29, 1.82) is 0 Å². The standard InChI is InChI=1S/C14H20N2O2/c1-18-13-5-3-2-4-12(13)8-14(17)16-7-6-11(9-15)10-16/h2-5,11H,6-10,15H2,1H3/t11-/m0/s1. The molecule has 1 aliphatic rings. The molecule has 0 aliphatic carbocycles. The first-order valence-corrected chi connectivity index (χ1v) is 6.34. The molecule has 18 heavy (non-hydrogen) atoms. The summed E-state index contributed by atoms with van der Waals surface area (Å²) in [6, 6.07) is 7.66. The Morgan fingerprint density at radius 2 is 2.28 bits per heavy atom. The van der Waals surface area contributed by atoms with Gasteiger partial charge in [0.2, 0.25) is 5.91 Å². The molecule has 0 spiro atoms. The number of hydrogen-bond donors (Lipinski definition) is 1. The van der Waals surface area contributed by atoms with E-state index in [0.29, 0.717) is 18.9 Å². The van der Waals surface area contributed by atoms with Crippen LogP contribution in [-0.4, -0.2) is 37.6 Å². The van der Waals surface area contributed by atoms with Gasteiger partial charge >= 0.3 is 0 Å². The van der Waals surface area contributed by atoms with E-state index in [0.717, 1.165) is 30.8 Å². The van der Waals surface area contributed by atoms with Crippen LogP contribution in [0.25, 0.3) is 0 Å². The molecular weight excluding hydrogens is 228 g/mol. The molecule has 0 aromatic heterocycles. The maximum Gasteiger partial charge on any atom is 0.227 e. The van der Waals surface area contributed by atoms with Gasteiger partial charge in [0.25, 0.3) is 0 Å². The molecule has 2 rings (SSSR count). The average molecular weight is 248 g/mol.